The lowest BCUT2D eigenvalue weighted by atomic mass is 10.2. The van der Waals surface area contributed by atoms with Gasteiger partial charge in [-0.3, -0.25) is 0 Å². The first-order chi connectivity index (χ1) is 15.0. The first-order valence-electron chi connectivity index (χ1n) is 10.9. The second kappa shape index (κ2) is 23.6. The molecular weight excluding hydrogens is 408 g/mol. The van der Waals surface area contributed by atoms with Crippen molar-refractivity contribution in [2.45, 2.75) is 20.8 Å². The normalized spacial score (nSPS) is 11.2. The van der Waals surface area contributed by atoms with Gasteiger partial charge in [-0.1, -0.05) is 20.4 Å². The second-order valence-corrected chi connectivity index (χ2v) is 7.06. The largest absolute Gasteiger partial charge is 0.460 e. The molecule has 0 aliphatic carbocycles. The Hall–Kier alpha value is -1.07. The van der Waals surface area contributed by atoms with Crippen LogP contribution in [0.15, 0.2) is 12.2 Å². The molecule has 0 aliphatic rings. The van der Waals surface area contributed by atoms with Crippen molar-refractivity contribution in [1.29, 1.82) is 0 Å². The maximum atomic E-state index is 11.1. The Balaban J connectivity index is 3.06. The van der Waals surface area contributed by atoms with Gasteiger partial charge in [0.05, 0.1) is 85.9 Å². The summed E-state index contributed by atoms with van der Waals surface area (Å²) < 4.78 is 42.6. The lowest BCUT2D eigenvalue weighted by Crippen LogP contribution is -2.15. The third kappa shape index (κ3) is 25.1. The Bertz CT molecular complexity index is 416. The molecular formula is C22H42O9. The molecule has 0 aliphatic heterocycles. The van der Waals surface area contributed by atoms with Gasteiger partial charge in [0.15, 0.2) is 0 Å². The summed E-state index contributed by atoms with van der Waals surface area (Å²) in [6.07, 6.45) is 0. The average molecular weight is 451 g/mol. The number of ether oxygens (including phenoxy) is 8. The fraction of sp³-hybridized carbons (Fsp3) is 0.864. The maximum Gasteiger partial charge on any atom is 0.333 e. The molecule has 9 heteroatoms. The van der Waals surface area contributed by atoms with Gasteiger partial charge in [0.1, 0.15) is 6.61 Å². The summed E-state index contributed by atoms with van der Waals surface area (Å²) in [6.45, 7) is 16.9. The van der Waals surface area contributed by atoms with Crippen LogP contribution in [-0.4, -0.2) is 105 Å². The maximum absolute atomic E-state index is 11.1. The molecule has 0 aromatic heterocycles. The summed E-state index contributed by atoms with van der Waals surface area (Å²) >= 11 is 0. The highest BCUT2D eigenvalue weighted by molar-refractivity contribution is 5.86. The van der Waals surface area contributed by atoms with E-state index in [1.165, 1.54) is 0 Å². The first kappa shape index (κ1) is 29.9. The number of rotatable bonds is 24. The number of hydrogen-bond acceptors (Lipinski definition) is 9. The Kier molecular flexibility index (Phi) is 22.8. The number of esters is 1. The Labute approximate surface area is 187 Å². The van der Waals surface area contributed by atoms with Gasteiger partial charge in [-0.05, 0) is 12.8 Å². The molecule has 0 radical (unpaired) electrons. The van der Waals surface area contributed by atoms with Crippen molar-refractivity contribution in [3.05, 3.63) is 12.2 Å². The van der Waals surface area contributed by atoms with Gasteiger partial charge < -0.3 is 37.9 Å². The fourth-order valence-electron chi connectivity index (χ4n) is 1.96. The van der Waals surface area contributed by atoms with Crippen molar-refractivity contribution in [1.82, 2.24) is 0 Å². The number of carbonyl (C=O) groups excluding carboxylic acids is 1. The van der Waals surface area contributed by atoms with Crippen LogP contribution in [0.25, 0.3) is 0 Å². The fourth-order valence-corrected chi connectivity index (χ4v) is 1.96. The quantitative estimate of drug-likeness (QED) is 0.124. The van der Waals surface area contributed by atoms with Gasteiger partial charge in [0.25, 0.3) is 0 Å². The third-order valence-corrected chi connectivity index (χ3v) is 3.49. The van der Waals surface area contributed by atoms with E-state index in [4.69, 9.17) is 37.9 Å². The molecule has 184 valence electrons. The van der Waals surface area contributed by atoms with Crippen molar-refractivity contribution in [3.8, 4) is 0 Å². The van der Waals surface area contributed by atoms with Crippen molar-refractivity contribution >= 4 is 5.97 Å². The van der Waals surface area contributed by atoms with Crippen LogP contribution in [0.1, 0.15) is 20.8 Å². The number of carbonyl (C=O) groups is 1. The lowest BCUT2D eigenvalue weighted by Gasteiger charge is -2.09. The van der Waals surface area contributed by atoms with E-state index in [9.17, 15) is 4.79 Å². The van der Waals surface area contributed by atoms with E-state index in [1.807, 2.05) is 0 Å². The van der Waals surface area contributed by atoms with Crippen LogP contribution in [0.4, 0.5) is 0 Å². The van der Waals surface area contributed by atoms with E-state index in [0.717, 1.165) is 6.61 Å². The molecule has 0 heterocycles. The molecule has 0 aromatic carbocycles. The minimum absolute atomic E-state index is 0.210. The monoisotopic (exact) mass is 450 g/mol. The zero-order valence-electron chi connectivity index (χ0n) is 19.6. The van der Waals surface area contributed by atoms with Gasteiger partial charge in [-0.15, -0.1) is 0 Å². The van der Waals surface area contributed by atoms with Crippen LogP contribution in [-0.2, 0) is 42.7 Å². The minimum Gasteiger partial charge on any atom is -0.460 e. The van der Waals surface area contributed by atoms with Gasteiger partial charge in [-0.25, -0.2) is 4.79 Å². The highest BCUT2D eigenvalue weighted by Crippen LogP contribution is 1.93. The van der Waals surface area contributed by atoms with Crippen molar-refractivity contribution in [3.63, 3.8) is 0 Å². The molecule has 0 spiro atoms. The van der Waals surface area contributed by atoms with E-state index >= 15 is 0 Å². The molecule has 0 bridgehead atoms. The summed E-state index contributed by atoms with van der Waals surface area (Å²) in [4.78, 5) is 11.1. The van der Waals surface area contributed by atoms with Crippen LogP contribution in [0, 0.1) is 5.92 Å². The second-order valence-electron chi connectivity index (χ2n) is 7.06. The van der Waals surface area contributed by atoms with Crippen LogP contribution in [0.3, 0.4) is 0 Å². The van der Waals surface area contributed by atoms with Crippen molar-refractivity contribution in [2.24, 2.45) is 5.92 Å². The minimum atomic E-state index is -0.405. The van der Waals surface area contributed by atoms with Crippen molar-refractivity contribution < 1.29 is 42.7 Å². The zero-order chi connectivity index (χ0) is 23.0. The smallest absolute Gasteiger partial charge is 0.333 e. The standard InChI is InChI=1S/C22H42O9/c1-20(2)19-30-16-15-28-12-11-26-8-7-24-5-6-25-9-10-27-13-14-29-17-18-31-22(23)21(3)4/h20H,3,5-19H2,1-2,4H3. The summed E-state index contributed by atoms with van der Waals surface area (Å²) in [7, 11) is 0. The van der Waals surface area contributed by atoms with Crippen molar-refractivity contribution in [2.75, 3.05) is 99.1 Å². The van der Waals surface area contributed by atoms with Gasteiger partial charge >= 0.3 is 5.97 Å². The molecule has 0 N–H and O–H groups in total. The molecule has 31 heavy (non-hydrogen) atoms. The van der Waals surface area contributed by atoms with Crippen LogP contribution < -0.4 is 0 Å². The highest BCUT2D eigenvalue weighted by atomic mass is 16.6. The summed E-state index contributed by atoms with van der Waals surface area (Å²) in [5.74, 6) is 0.142. The van der Waals surface area contributed by atoms with Gasteiger partial charge in [0.2, 0.25) is 0 Å². The Morgan fingerprint density at radius 3 is 1.16 bits per heavy atom. The molecule has 0 saturated heterocycles. The van der Waals surface area contributed by atoms with Gasteiger partial charge in [0, 0.05) is 12.2 Å². The molecule has 0 aromatic rings. The zero-order valence-corrected chi connectivity index (χ0v) is 19.6. The molecule has 0 saturated carbocycles. The summed E-state index contributed by atoms with van der Waals surface area (Å²) in [5, 5.41) is 0. The van der Waals surface area contributed by atoms with Gasteiger partial charge in [-0.2, -0.15) is 0 Å². The third-order valence-electron chi connectivity index (χ3n) is 3.49. The SMILES string of the molecule is C=C(C)C(=O)OCCOCCOCCOCCOCCOCCOCCOCC(C)C. The first-order valence-corrected chi connectivity index (χ1v) is 10.9. The Morgan fingerprint density at radius 1 is 0.581 bits per heavy atom. The topological polar surface area (TPSA) is 90.9 Å². The predicted octanol–water partition coefficient (Wildman–Crippen LogP) is 1.88. The predicted molar refractivity (Wildman–Crippen MR) is 116 cm³/mol. The van der Waals surface area contributed by atoms with Crippen LogP contribution >= 0.6 is 0 Å². The lowest BCUT2D eigenvalue weighted by molar-refractivity contribution is -0.140. The molecule has 0 atom stereocenters. The van der Waals surface area contributed by atoms with Crippen LogP contribution in [0.5, 0.6) is 0 Å². The molecule has 0 unspecified atom stereocenters. The summed E-state index contributed by atoms with van der Waals surface area (Å²) in [5.41, 5.74) is 0.377. The van der Waals surface area contributed by atoms with E-state index in [1.54, 1.807) is 6.92 Å². The van der Waals surface area contributed by atoms with E-state index in [2.05, 4.69) is 20.4 Å². The average Bonchev–Trinajstić information content (AvgIpc) is 2.73. The van der Waals surface area contributed by atoms with Crippen LogP contribution in [0.2, 0.25) is 0 Å². The summed E-state index contributed by atoms with van der Waals surface area (Å²) in [6, 6.07) is 0. The molecule has 0 fully saturated rings. The molecule has 9 nitrogen and oxygen atoms in total. The van der Waals surface area contributed by atoms with E-state index in [0.29, 0.717) is 97.4 Å². The molecule has 0 rings (SSSR count). The highest BCUT2D eigenvalue weighted by Gasteiger charge is 2.01. The van der Waals surface area contributed by atoms with E-state index in [-0.39, 0.29) is 6.61 Å². The number of hydrogen-bond donors (Lipinski definition) is 0. The molecule has 0 amide bonds. The Morgan fingerprint density at radius 2 is 0.871 bits per heavy atom. The van der Waals surface area contributed by atoms with E-state index < -0.39 is 5.97 Å².